The van der Waals surface area contributed by atoms with Crippen molar-refractivity contribution in [3.8, 4) is 17.2 Å². The minimum absolute atomic E-state index is 0.0122. The number of aromatic hydroxyl groups is 1. The summed E-state index contributed by atoms with van der Waals surface area (Å²) in [5, 5.41) is 13.4. The summed E-state index contributed by atoms with van der Waals surface area (Å²) in [4.78, 5) is 12.7. The monoisotopic (exact) mass is 434 g/mol. The van der Waals surface area contributed by atoms with Crippen LogP contribution < -0.4 is 14.8 Å². The molecule has 4 rings (SSSR count). The second kappa shape index (κ2) is 9.47. The van der Waals surface area contributed by atoms with Gasteiger partial charge >= 0.3 is 0 Å². The summed E-state index contributed by atoms with van der Waals surface area (Å²) in [7, 11) is 1.58. The van der Waals surface area contributed by atoms with Crippen molar-refractivity contribution >= 4 is 22.5 Å². The Morgan fingerprint density at radius 2 is 1.91 bits per heavy atom. The molecule has 0 amide bonds. The highest BCUT2D eigenvalue weighted by molar-refractivity contribution is 5.83. The largest absolute Gasteiger partial charge is 0.508 e. The second-order valence-electron chi connectivity index (χ2n) is 7.31. The zero-order chi connectivity index (χ0) is 22.5. The molecule has 32 heavy (non-hydrogen) atoms. The number of hydrogen-bond donors (Lipinski definition) is 2. The molecule has 0 aliphatic carbocycles. The van der Waals surface area contributed by atoms with Gasteiger partial charge < -0.3 is 19.9 Å². The van der Waals surface area contributed by atoms with E-state index in [1.165, 1.54) is 17.7 Å². The Balaban J connectivity index is 1.51. The fourth-order valence-corrected chi connectivity index (χ4v) is 3.26. The van der Waals surface area contributed by atoms with Gasteiger partial charge in [-0.25, -0.2) is 14.4 Å². The average Bonchev–Trinajstić information content (AvgIpc) is 2.80. The number of nitrogens with zero attached hydrogens (tertiary/aromatic N) is 3. The number of halogens is 1. The Morgan fingerprint density at radius 1 is 1.09 bits per heavy atom. The SMILES string of the molecule is COc1cc2cnc(Nc3cc(O)c(C)cc3F)nc2cc1OCCCc1ccncc1. The quantitative estimate of drug-likeness (QED) is 0.380. The molecule has 0 fully saturated rings. The van der Waals surface area contributed by atoms with E-state index in [0.717, 1.165) is 18.2 Å². The first-order chi connectivity index (χ1) is 15.5. The molecule has 0 bridgehead atoms. The van der Waals surface area contributed by atoms with Gasteiger partial charge in [0.25, 0.3) is 0 Å². The highest BCUT2D eigenvalue weighted by Gasteiger charge is 2.12. The third-order valence-corrected chi connectivity index (χ3v) is 5.01. The molecule has 0 saturated carbocycles. The molecule has 0 saturated heterocycles. The van der Waals surface area contributed by atoms with Gasteiger partial charge in [-0.2, -0.15) is 0 Å². The van der Waals surface area contributed by atoms with Crippen LogP contribution in [-0.2, 0) is 6.42 Å². The van der Waals surface area contributed by atoms with Gasteiger partial charge in [0.05, 0.1) is 24.9 Å². The van der Waals surface area contributed by atoms with Crippen molar-refractivity contribution in [2.24, 2.45) is 0 Å². The lowest BCUT2D eigenvalue weighted by Gasteiger charge is -2.13. The van der Waals surface area contributed by atoms with Crippen LogP contribution in [0.15, 0.2) is 55.0 Å². The lowest BCUT2D eigenvalue weighted by atomic mass is 10.1. The highest BCUT2D eigenvalue weighted by Crippen LogP contribution is 2.33. The number of benzene rings is 2. The first-order valence-corrected chi connectivity index (χ1v) is 10.2. The predicted molar refractivity (Wildman–Crippen MR) is 120 cm³/mol. The van der Waals surface area contributed by atoms with E-state index in [0.29, 0.717) is 29.2 Å². The molecule has 164 valence electrons. The van der Waals surface area contributed by atoms with Crippen LogP contribution in [0.25, 0.3) is 10.9 Å². The third-order valence-electron chi connectivity index (χ3n) is 5.01. The van der Waals surface area contributed by atoms with E-state index in [2.05, 4.69) is 20.3 Å². The van der Waals surface area contributed by atoms with Crippen LogP contribution in [0, 0.1) is 12.7 Å². The summed E-state index contributed by atoms with van der Waals surface area (Å²) in [5.74, 6) is 0.839. The van der Waals surface area contributed by atoms with Gasteiger partial charge in [0, 0.05) is 36.1 Å². The zero-order valence-corrected chi connectivity index (χ0v) is 17.8. The Bertz CT molecular complexity index is 1240. The number of fused-ring (bicyclic) bond motifs is 1. The molecule has 8 heteroatoms. The van der Waals surface area contributed by atoms with Gasteiger partial charge in [-0.3, -0.25) is 4.98 Å². The summed E-state index contributed by atoms with van der Waals surface area (Å²) in [6, 6.07) is 10.1. The smallest absolute Gasteiger partial charge is 0.227 e. The normalized spacial score (nSPS) is 10.8. The van der Waals surface area contributed by atoms with Crippen molar-refractivity contribution in [1.29, 1.82) is 0 Å². The number of phenols is 1. The number of ether oxygens (including phenoxy) is 2. The minimum atomic E-state index is -0.503. The predicted octanol–water partition coefficient (Wildman–Crippen LogP) is 4.94. The van der Waals surface area contributed by atoms with Crippen molar-refractivity contribution < 1.29 is 19.0 Å². The lowest BCUT2D eigenvalue weighted by Crippen LogP contribution is -2.03. The summed E-state index contributed by atoms with van der Waals surface area (Å²) in [6.45, 7) is 2.13. The number of aromatic nitrogens is 3. The van der Waals surface area contributed by atoms with Crippen molar-refractivity contribution in [2.75, 3.05) is 19.0 Å². The van der Waals surface area contributed by atoms with Crippen LogP contribution in [0.5, 0.6) is 17.2 Å². The number of methoxy groups -OCH3 is 1. The molecule has 2 aromatic heterocycles. The van der Waals surface area contributed by atoms with Crippen LogP contribution in [0.1, 0.15) is 17.5 Å². The van der Waals surface area contributed by atoms with E-state index in [4.69, 9.17) is 9.47 Å². The summed E-state index contributed by atoms with van der Waals surface area (Å²) >= 11 is 0. The van der Waals surface area contributed by atoms with Crippen LogP contribution in [0.4, 0.5) is 16.0 Å². The molecule has 2 aromatic carbocycles. The van der Waals surface area contributed by atoms with E-state index in [1.807, 2.05) is 12.1 Å². The Morgan fingerprint density at radius 3 is 2.69 bits per heavy atom. The van der Waals surface area contributed by atoms with E-state index < -0.39 is 5.82 Å². The molecule has 0 aliphatic heterocycles. The van der Waals surface area contributed by atoms with Crippen LogP contribution >= 0.6 is 0 Å². The summed E-state index contributed by atoms with van der Waals surface area (Å²) in [5.41, 5.74) is 2.36. The van der Waals surface area contributed by atoms with Gasteiger partial charge in [0.15, 0.2) is 11.5 Å². The Hall–Kier alpha value is -3.94. The fourth-order valence-electron chi connectivity index (χ4n) is 3.26. The first kappa shape index (κ1) is 21.3. The number of hydrogen-bond acceptors (Lipinski definition) is 7. The molecular weight excluding hydrogens is 411 g/mol. The number of anilines is 2. The van der Waals surface area contributed by atoms with Crippen molar-refractivity contribution in [3.63, 3.8) is 0 Å². The molecule has 2 N–H and O–H groups in total. The number of rotatable bonds is 8. The number of phenolic OH excluding ortho intramolecular Hbond substituents is 1. The van der Waals surface area contributed by atoms with Gasteiger partial charge in [-0.15, -0.1) is 0 Å². The van der Waals surface area contributed by atoms with E-state index in [-0.39, 0.29) is 17.4 Å². The fraction of sp³-hybridized carbons (Fsp3) is 0.208. The molecular formula is C24H23FN4O3. The first-order valence-electron chi connectivity index (χ1n) is 10.2. The molecule has 0 atom stereocenters. The molecule has 0 aliphatic rings. The molecule has 2 heterocycles. The Labute approximate surface area is 184 Å². The lowest BCUT2D eigenvalue weighted by molar-refractivity contribution is 0.290. The van der Waals surface area contributed by atoms with Crippen molar-refractivity contribution in [1.82, 2.24) is 15.0 Å². The van der Waals surface area contributed by atoms with Gasteiger partial charge in [0.2, 0.25) is 5.95 Å². The molecule has 0 unspecified atom stereocenters. The van der Waals surface area contributed by atoms with Gasteiger partial charge in [-0.05, 0) is 55.2 Å². The maximum Gasteiger partial charge on any atom is 0.227 e. The molecule has 7 nitrogen and oxygen atoms in total. The third kappa shape index (κ3) is 4.85. The van der Waals surface area contributed by atoms with Crippen molar-refractivity contribution in [3.05, 3.63) is 71.9 Å². The number of aryl methyl sites for hydroxylation is 2. The van der Waals surface area contributed by atoms with E-state index in [9.17, 15) is 9.50 Å². The van der Waals surface area contributed by atoms with Gasteiger partial charge in [-0.1, -0.05) is 0 Å². The second-order valence-corrected chi connectivity index (χ2v) is 7.31. The van der Waals surface area contributed by atoms with Gasteiger partial charge in [0.1, 0.15) is 11.6 Å². The molecule has 0 radical (unpaired) electrons. The van der Waals surface area contributed by atoms with E-state index in [1.54, 1.807) is 44.8 Å². The topological polar surface area (TPSA) is 89.4 Å². The Kier molecular flexibility index (Phi) is 6.30. The number of pyridine rings is 1. The zero-order valence-electron chi connectivity index (χ0n) is 17.8. The van der Waals surface area contributed by atoms with Crippen LogP contribution in [0.2, 0.25) is 0 Å². The minimum Gasteiger partial charge on any atom is -0.508 e. The summed E-state index contributed by atoms with van der Waals surface area (Å²) in [6.07, 6.45) is 6.88. The van der Waals surface area contributed by atoms with Crippen molar-refractivity contribution in [2.45, 2.75) is 19.8 Å². The average molecular weight is 434 g/mol. The highest BCUT2D eigenvalue weighted by atomic mass is 19.1. The standard InChI is InChI=1S/C24H23FN4O3/c1-15-10-18(25)20(12-21(15)30)29-24-27-14-17-11-22(31-2)23(13-19(17)28-24)32-9-3-4-16-5-7-26-8-6-16/h5-8,10-14,30H,3-4,9H2,1-2H3,(H,27,28,29). The summed E-state index contributed by atoms with van der Waals surface area (Å²) < 4.78 is 25.6. The van der Waals surface area contributed by atoms with Crippen LogP contribution in [0.3, 0.4) is 0 Å². The number of nitrogens with one attached hydrogen (secondary N) is 1. The maximum absolute atomic E-state index is 14.2. The molecule has 0 spiro atoms. The maximum atomic E-state index is 14.2. The van der Waals surface area contributed by atoms with Crippen LogP contribution in [-0.4, -0.2) is 33.8 Å². The molecule has 4 aromatic rings. The van der Waals surface area contributed by atoms with E-state index >= 15 is 0 Å².